The van der Waals surface area contributed by atoms with Gasteiger partial charge in [0.2, 0.25) is 5.91 Å². The van der Waals surface area contributed by atoms with Gasteiger partial charge < -0.3 is 15.6 Å². The van der Waals surface area contributed by atoms with Crippen molar-refractivity contribution < 1.29 is 4.79 Å². The maximum atomic E-state index is 11.6. The second kappa shape index (κ2) is 5.65. The van der Waals surface area contributed by atoms with E-state index in [9.17, 15) is 4.79 Å². The number of aryl methyl sites for hydroxylation is 1. The van der Waals surface area contributed by atoms with Crippen molar-refractivity contribution in [3.05, 3.63) is 17.7 Å². The van der Waals surface area contributed by atoms with E-state index in [0.29, 0.717) is 6.54 Å². The van der Waals surface area contributed by atoms with Crippen LogP contribution in [0.25, 0.3) is 0 Å². The summed E-state index contributed by atoms with van der Waals surface area (Å²) in [5.74, 6) is 0.0168. The van der Waals surface area contributed by atoms with Crippen LogP contribution in [-0.2, 0) is 11.3 Å². The van der Waals surface area contributed by atoms with Gasteiger partial charge in [-0.25, -0.2) is 4.98 Å². The second-order valence-corrected chi connectivity index (χ2v) is 4.24. The van der Waals surface area contributed by atoms with Crippen LogP contribution >= 0.6 is 0 Å². The van der Waals surface area contributed by atoms with Gasteiger partial charge in [-0.15, -0.1) is 0 Å². The van der Waals surface area contributed by atoms with E-state index in [-0.39, 0.29) is 18.0 Å². The highest BCUT2D eigenvalue weighted by Gasteiger charge is 2.13. The number of aromatic nitrogens is 2. The number of H-pyrrole nitrogens is 1. The van der Waals surface area contributed by atoms with Crippen LogP contribution in [0.3, 0.4) is 0 Å². The highest BCUT2D eigenvalue weighted by atomic mass is 16.2. The minimum Gasteiger partial charge on any atom is -0.353 e. The molecule has 0 aliphatic heterocycles. The SMILES string of the molecule is Cc1[nH]cnc1CNC(C)C(=O)NC(C)C. The Labute approximate surface area is 96.0 Å². The molecule has 1 atom stereocenters. The fourth-order valence-electron chi connectivity index (χ4n) is 1.32. The molecule has 1 heterocycles. The Hall–Kier alpha value is -1.36. The maximum absolute atomic E-state index is 11.6. The topological polar surface area (TPSA) is 69.8 Å². The maximum Gasteiger partial charge on any atom is 0.237 e. The van der Waals surface area contributed by atoms with Crippen LogP contribution in [0, 0.1) is 6.92 Å². The number of carbonyl (C=O) groups excluding carboxylic acids is 1. The van der Waals surface area contributed by atoms with Crippen molar-refractivity contribution in [3.8, 4) is 0 Å². The lowest BCUT2D eigenvalue weighted by Gasteiger charge is -2.15. The largest absolute Gasteiger partial charge is 0.353 e. The highest BCUT2D eigenvalue weighted by Crippen LogP contribution is 2.00. The Balaban J connectivity index is 2.38. The second-order valence-electron chi connectivity index (χ2n) is 4.24. The number of hydrogen-bond donors (Lipinski definition) is 3. The lowest BCUT2D eigenvalue weighted by molar-refractivity contribution is -0.123. The predicted octanol–water partition coefficient (Wildman–Crippen LogP) is 0.721. The summed E-state index contributed by atoms with van der Waals surface area (Å²) in [7, 11) is 0. The fraction of sp³-hybridized carbons (Fsp3) is 0.636. The number of carbonyl (C=O) groups is 1. The molecule has 1 rings (SSSR count). The van der Waals surface area contributed by atoms with Gasteiger partial charge >= 0.3 is 0 Å². The van der Waals surface area contributed by atoms with Crippen LogP contribution < -0.4 is 10.6 Å². The zero-order chi connectivity index (χ0) is 12.1. The summed E-state index contributed by atoms with van der Waals surface area (Å²) >= 11 is 0. The molecule has 3 N–H and O–H groups in total. The predicted molar refractivity (Wildman–Crippen MR) is 62.9 cm³/mol. The molecule has 0 saturated heterocycles. The number of aromatic amines is 1. The summed E-state index contributed by atoms with van der Waals surface area (Å²) in [6.45, 7) is 8.30. The van der Waals surface area contributed by atoms with E-state index < -0.39 is 0 Å². The Bertz CT molecular complexity index is 346. The summed E-state index contributed by atoms with van der Waals surface area (Å²) < 4.78 is 0. The molecule has 90 valence electrons. The Morgan fingerprint density at radius 1 is 1.50 bits per heavy atom. The van der Waals surface area contributed by atoms with Crippen molar-refractivity contribution in [1.82, 2.24) is 20.6 Å². The van der Waals surface area contributed by atoms with Crippen LogP contribution in [0.1, 0.15) is 32.2 Å². The van der Waals surface area contributed by atoms with Gasteiger partial charge in [-0.1, -0.05) is 0 Å². The number of rotatable bonds is 5. The minimum atomic E-state index is -0.210. The lowest BCUT2D eigenvalue weighted by atomic mass is 10.2. The number of hydrogen-bond acceptors (Lipinski definition) is 3. The van der Waals surface area contributed by atoms with E-state index in [0.717, 1.165) is 11.4 Å². The molecule has 0 fully saturated rings. The molecule has 0 radical (unpaired) electrons. The summed E-state index contributed by atoms with van der Waals surface area (Å²) in [6, 6.07) is -0.0395. The van der Waals surface area contributed by atoms with E-state index in [1.807, 2.05) is 27.7 Å². The molecule has 1 aromatic heterocycles. The molecule has 0 aliphatic rings. The molecule has 0 aliphatic carbocycles. The number of nitrogens with one attached hydrogen (secondary N) is 3. The standard InChI is InChI=1S/C11H20N4O/c1-7(2)15-11(16)9(4)12-5-10-8(3)13-6-14-10/h6-7,9,12H,5H2,1-4H3,(H,13,14)(H,15,16). The van der Waals surface area contributed by atoms with Gasteiger partial charge in [0, 0.05) is 18.3 Å². The van der Waals surface area contributed by atoms with Crippen LogP contribution in [-0.4, -0.2) is 28.0 Å². The highest BCUT2D eigenvalue weighted by molar-refractivity contribution is 5.81. The summed E-state index contributed by atoms with van der Waals surface area (Å²) in [4.78, 5) is 18.8. The van der Waals surface area contributed by atoms with Crippen molar-refractivity contribution in [1.29, 1.82) is 0 Å². The zero-order valence-corrected chi connectivity index (χ0v) is 10.3. The number of amides is 1. The first kappa shape index (κ1) is 12.7. The zero-order valence-electron chi connectivity index (χ0n) is 10.3. The smallest absolute Gasteiger partial charge is 0.237 e. The summed E-state index contributed by atoms with van der Waals surface area (Å²) in [5, 5.41) is 5.99. The minimum absolute atomic E-state index is 0.0168. The Morgan fingerprint density at radius 3 is 2.69 bits per heavy atom. The van der Waals surface area contributed by atoms with Gasteiger partial charge in [-0.3, -0.25) is 4.79 Å². The van der Waals surface area contributed by atoms with Crippen LogP contribution in [0.5, 0.6) is 0 Å². The molecule has 16 heavy (non-hydrogen) atoms. The first-order chi connectivity index (χ1) is 7.50. The molecule has 0 aromatic carbocycles. The molecule has 5 nitrogen and oxygen atoms in total. The summed E-state index contributed by atoms with van der Waals surface area (Å²) in [5.41, 5.74) is 1.98. The normalized spacial score (nSPS) is 12.8. The molecule has 5 heteroatoms. The quantitative estimate of drug-likeness (QED) is 0.690. The van der Waals surface area contributed by atoms with Crippen molar-refractivity contribution >= 4 is 5.91 Å². The van der Waals surface area contributed by atoms with Gasteiger partial charge in [0.25, 0.3) is 0 Å². The van der Waals surface area contributed by atoms with E-state index in [4.69, 9.17) is 0 Å². The monoisotopic (exact) mass is 224 g/mol. The van der Waals surface area contributed by atoms with Crippen molar-refractivity contribution in [3.63, 3.8) is 0 Å². The van der Waals surface area contributed by atoms with Gasteiger partial charge in [0.15, 0.2) is 0 Å². The fourth-order valence-corrected chi connectivity index (χ4v) is 1.32. The van der Waals surface area contributed by atoms with Gasteiger partial charge in [-0.2, -0.15) is 0 Å². The molecule has 0 saturated carbocycles. The molecule has 0 spiro atoms. The average Bonchev–Trinajstić information content (AvgIpc) is 2.59. The average molecular weight is 224 g/mol. The van der Waals surface area contributed by atoms with Crippen LogP contribution in [0.4, 0.5) is 0 Å². The lowest BCUT2D eigenvalue weighted by Crippen LogP contribution is -2.44. The van der Waals surface area contributed by atoms with Crippen LogP contribution in [0.15, 0.2) is 6.33 Å². The van der Waals surface area contributed by atoms with E-state index in [1.165, 1.54) is 0 Å². The molecular formula is C11H20N4O. The first-order valence-electron chi connectivity index (χ1n) is 5.53. The Kier molecular flexibility index (Phi) is 4.49. The third-order valence-corrected chi connectivity index (χ3v) is 2.33. The molecule has 1 unspecified atom stereocenters. The van der Waals surface area contributed by atoms with Crippen molar-refractivity contribution in [2.45, 2.75) is 46.3 Å². The van der Waals surface area contributed by atoms with Crippen molar-refractivity contribution in [2.24, 2.45) is 0 Å². The Morgan fingerprint density at radius 2 is 2.19 bits per heavy atom. The molecular weight excluding hydrogens is 204 g/mol. The van der Waals surface area contributed by atoms with E-state index >= 15 is 0 Å². The molecule has 0 bridgehead atoms. The van der Waals surface area contributed by atoms with Gasteiger partial charge in [-0.05, 0) is 27.7 Å². The number of imidazole rings is 1. The first-order valence-corrected chi connectivity index (χ1v) is 5.53. The van der Waals surface area contributed by atoms with Gasteiger partial charge in [0.1, 0.15) is 0 Å². The van der Waals surface area contributed by atoms with Crippen molar-refractivity contribution in [2.75, 3.05) is 0 Å². The van der Waals surface area contributed by atoms with E-state index in [1.54, 1.807) is 6.33 Å². The molecule has 1 aromatic rings. The third-order valence-electron chi connectivity index (χ3n) is 2.33. The van der Waals surface area contributed by atoms with Gasteiger partial charge in [0.05, 0.1) is 18.1 Å². The summed E-state index contributed by atoms with van der Waals surface area (Å²) in [6.07, 6.45) is 1.66. The van der Waals surface area contributed by atoms with E-state index in [2.05, 4.69) is 20.6 Å². The third kappa shape index (κ3) is 3.66. The van der Waals surface area contributed by atoms with Crippen LogP contribution in [0.2, 0.25) is 0 Å². The molecule has 1 amide bonds. The number of nitrogens with zero attached hydrogens (tertiary/aromatic N) is 1.